The Hall–Kier alpha value is -0.740. The Bertz CT molecular complexity index is 190. The maximum absolute atomic E-state index is 11.9. The van der Waals surface area contributed by atoms with Crippen LogP contribution in [0, 0.1) is 0 Å². The summed E-state index contributed by atoms with van der Waals surface area (Å²) in [4.78, 5) is 10.6. The molecule has 15 heavy (non-hydrogen) atoms. The van der Waals surface area contributed by atoms with Gasteiger partial charge in [0.1, 0.15) is 6.10 Å². The largest absolute Gasteiger partial charge is 0.490 e. The highest BCUT2D eigenvalue weighted by Gasteiger charge is 2.42. The van der Waals surface area contributed by atoms with E-state index >= 15 is 0 Å². The number of carbonyl (C=O) groups is 1. The van der Waals surface area contributed by atoms with Crippen LogP contribution >= 0.6 is 0 Å². The van der Waals surface area contributed by atoms with Crippen LogP contribution in [0.3, 0.4) is 0 Å². The fraction of sp³-hybridized carbons (Fsp3) is 0.900. The molecule has 0 aliphatic carbocycles. The highest BCUT2D eigenvalue weighted by Crippen LogP contribution is 2.20. The van der Waals surface area contributed by atoms with E-state index in [1.54, 1.807) is 0 Å². The molecule has 0 radical (unpaired) electrons. The van der Waals surface area contributed by atoms with Gasteiger partial charge in [-0.2, -0.15) is 13.2 Å². The lowest BCUT2D eigenvalue weighted by Crippen LogP contribution is -2.30. The molecule has 0 aromatic rings. The van der Waals surface area contributed by atoms with Gasteiger partial charge in [-0.15, -0.1) is 0 Å². The van der Waals surface area contributed by atoms with E-state index in [9.17, 15) is 18.0 Å². The van der Waals surface area contributed by atoms with Crippen molar-refractivity contribution in [1.82, 2.24) is 0 Å². The Kier molecular flexibility index (Phi) is 6.36. The zero-order chi connectivity index (χ0) is 11.9. The quantitative estimate of drug-likeness (QED) is 0.648. The van der Waals surface area contributed by atoms with Gasteiger partial charge in [0.2, 0.25) is 0 Å². The SMILES string of the molecule is CCCCC(CCC)OC(=O)C(F)(F)F. The average molecular weight is 226 g/mol. The fourth-order valence-corrected chi connectivity index (χ4v) is 1.23. The first-order valence-corrected chi connectivity index (χ1v) is 5.19. The summed E-state index contributed by atoms with van der Waals surface area (Å²) in [6.45, 7) is 3.79. The molecule has 0 saturated carbocycles. The molecule has 0 amide bonds. The molecule has 0 heterocycles. The molecule has 2 nitrogen and oxygen atoms in total. The van der Waals surface area contributed by atoms with Crippen molar-refractivity contribution < 1.29 is 22.7 Å². The van der Waals surface area contributed by atoms with Crippen molar-refractivity contribution in [1.29, 1.82) is 0 Å². The number of hydrogen-bond donors (Lipinski definition) is 0. The molecule has 0 saturated heterocycles. The first kappa shape index (κ1) is 14.3. The molecule has 5 heteroatoms. The molecular formula is C10H17F3O2. The van der Waals surface area contributed by atoms with E-state index in [1.165, 1.54) is 0 Å². The Balaban J connectivity index is 4.09. The number of halogens is 3. The normalized spacial score (nSPS) is 13.7. The third-order valence-electron chi connectivity index (χ3n) is 2.00. The van der Waals surface area contributed by atoms with E-state index < -0.39 is 18.2 Å². The van der Waals surface area contributed by atoms with Crippen molar-refractivity contribution in [2.75, 3.05) is 0 Å². The highest BCUT2D eigenvalue weighted by molar-refractivity contribution is 5.75. The van der Waals surface area contributed by atoms with Crippen LogP contribution in [0.1, 0.15) is 46.0 Å². The predicted octanol–water partition coefficient (Wildman–Crippen LogP) is 3.45. The van der Waals surface area contributed by atoms with Gasteiger partial charge in [0.15, 0.2) is 0 Å². The lowest BCUT2D eigenvalue weighted by molar-refractivity contribution is -0.205. The van der Waals surface area contributed by atoms with Crippen LogP contribution in [0.2, 0.25) is 0 Å². The minimum atomic E-state index is -4.88. The summed E-state index contributed by atoms with van der Waals surface area (Å²) in [6, 6.07) is 0. The molecule has 0 bridgehead atoms. The second-order valence-corrected chi connectivity index (χ2v) is 3.46. The number of ether oxygens (including phenoxy) is 1. The van der Waals surface area contributed by atoms with E-state index in [4.69, 9.17) is 0 Å². The van der Waals surface area contributed by atoms with Gasteiger partial charge < -0.3 is 4.74 Å². The van der Waals surface area contributed by atoms with Crippen LogP contribution < -0.4 is 0 Å². The first-order valence-electron chi connectivity index (χ1n) is 5.19. The lowest BCUT2D eigenvalue weighted by Gasteiger charge is -2.17. The molecule has 0 rings (SSSR count). The van der Waals surface area contributed by atoms with E-state index in [0.717, 1.165) is 12.8 Å². The van der Waals surface area contributed by atoms with Crippen LogP contribution in [0.15, 0.2) is 0 Å². The van der Waals surface area contributed by atoms with Gasteiger partial charge in [-0.3, -0.25) is 0 Å². The summed E-state index contributed by atoms with van der Waals surface area (Å²) in [7, 11) is 0. The standard InChI is InChI=1S/C10H17F3O2/c1-3-5-7-8(6-4-2)15-9(14)10(11,12)13/h8H,3-7H2,1-2H3. The molecule has 90 valence electrons. The minimum Gasteiger partial charge on any atom is -0.456 e. The Morgan fingerprint density at radius 3 is 2.20 bits per heavy atom. The summed E-state index contributed by atoms with van der Waals surface area (Å²) < 4.78 is 40.1. The minimum absolute atomic E-state index is 0.488. The van der Waals surface area contributed by atoms with Gasteiger partial charge >= 0.3 is 12.1 Å². The predicted molar refractivity (Wildman–Crippen MR) is 50.4 cm³/mol. The zero-order valence-corrected chi connectivity index (χ0v) is 9.06. The van der Waals surface area contributed by atoms with Gasteiger partial charge in [0.05, 0.1) is 0 Å². The van der Waals surface area contributed by atoms with Crippen LogP contribution in [0.25, 0.3) is 0 Å². The number of carbonyl (C=O) groups excluding carboxylic acids is 1. The molecule has 0 aromatic heterocycles. The monoisotopic (exact) mass is 226 g/mol. The third-order valence-corrected chi connectivity index (χ3v) is 2.00. The molecule has 0 aliphatic heterocycles. The Morgan fingerprint density at radius 2 is 1.80 bits per heavy atom. The molecule has 1 atom stereocenters. The molecule has 0 N–H and O–H groups in total. The maximum atomic E-state index is 11.9. The number of esters is 1. The second-order valence-electron chi connectivity index (χ2n) is 3.46. The van der Waals surface area contributed by atoms with Crippen molar-refractivity contribution in [2.24, 2.45) is 0 Å². The van der Waals surface area contributed by atoms with Gasteiger partial charge in [0.25, 0.3) is 0 Å². The van der Waals surface area contributed by atoms with Crippen LogP contribution in [-0.4, -0.2) is 18.2 Å². The van der Waals surface area contributed by atoms with Gasteiger partial charge in [-0.1, -0.05) is 33.1 Å². The smallest absolute Gasteiger partial charge is 0.456 e. The maximum Gasteiger partial charge on any atom is 0.490 e. The Labute approximate surface area is 87.8 Å². The number of hydrogen-bond acceptors (Lipinski definition) is 2. The summed E-state index contributed by atoms with van der Waals surface area (Å²) in [5.74, 6) is -2.07. The van der Waals surface area contributed by atoms with Crippen molar-refractivity contribution in [3.63, 3.8) is 0 Å². The van der Waals surface area contributed by atoms with E-state index in [0.29, 0.717) is 19.3 Å². The van der Waals surface area contributed by atoms with Gasteiger partial charge in [-0.05, 0) is 12.8 Å². The third kappa shape index (κ3) is 6.36. The highest BCUT2D eigenvalue weighted by atomic mass is 19.4. The summed E-state index contributed by atoms with van der Waals surface area (Å²) in [5.41, 5.74) is 0. The topological polar surface area (TPSA) is 26.3 Å². The van der Waals surface area contributed by atoms with E-state index in [1.807, 2.05) is 13.8 Å². The van der Waals surface area contributed by atoms with Crippen molar-refractivity contribution in [3.05, 3.63) is 0 Å². The van der Waals surface area contributed by atoms with E-state index in [2.05, 4.69) is 4.74 Å². The Morgan fingerprint density at radius 1 is 1.20 bits per heavy atom. The fourth-order valence-electron chi connectivity index (χ4n) is 1.23. The zero-order valence-electron chi connectivity index (χ0n) is 9.06. The summed E-state index contributed by atoms with van der Waals surface area (Å²) >= 11 is 0. The number of alkyl halides is 3. The number of unbranched alkanes of at least 4 members (excludes halogenated alkanes) is 1. The lowest BCUT2D eigenvalue weighted by atomic mass is 10.1. The molecule has 0 aromatic carbocycles. The second kappa shape index (κ2) is 6.69. The van der Waals surface area contributed by atoms with Crippen LogP contribution in [-0.2, 0) is 9.53 Å². The molecule has 0 aliphatic rings. The van der Waals surface area contributed by atoms with Gasteiger partial charge in [0, 0.05) is 0 Å². The number of rotatable bonds is 6. The van der Waals surface area contributed by atoms with Crippen molar-refractivity contribution in [3.8, 4) is 0 Å². The summed E-state index contributed by atoms with van der Waals surface area (Å²) in [6.07, 6.45) is -2.12. The van der Waals surface area contributed by atoms with Crippen molar-refractivity contribution in [2.45, 2.75) is 58.2 Å². The average Bonchev–Trinajstić information content (AvgIpc) is 2.13. The molecular weight excluding hydrogens is 209 g/mol. The first-order chi connectivity index (χ1) is 6.91. The van der Waals surface area contributed by atoms with Gasteiger partial charge in [-0.25, -0.2) is 4.79 Å². The van der Waals surface area contributed by atoms with Crippen molar-refractivity contribution >= 4 is 5.97 Å². The van der Waals surface area contributed by atoms with Crippen LogP contribution in [0.5, 0.6) is 0 Å². The van der Waals surface area contributed by atoms with Crippen LogP contribution in [0.4, 0.5) is 13.2 Å². The molecule has 0 spiro atoms. The molecule has 1 unspecified atom stereocenters. The van der Waals surface area contributed by atoms with E-state index in [-0.39, 0.29) is 0 Å². The summed E-state index contributed by atoms with van der Waals surface area (Å²) in [5, 5.41) is 0. The molecule has 0 fully saturated rings.